The van der Waals surface area contributed by atoms with Crippen LogP contribution in [-0.4, -0.2) is 25.7 Å². The number of nitriles is 1. The molecular weight excluding hydrogens is 326 g/mol. The maximum Gasteiger partial charge on any atom is 0.263 e. The zero-order chi connectivity index (χ0) is 17.8. The Kier molecular flexibility index (Phi) is 9.59. The van der Waals surface area contributed by atoms with Crippen LogP contribution in [0, 0.1) is 18.3 Å². The number of hydrogen-bond donors (Lipinski definition) is 2. The minimum absolute atomic E-state index is 0.0243. The van der Waals surface area contributed by atoms with E-state index < -0.39 is 5.91 Å². The quantitative estimate of drug-likeness (QED) is 0.383. The average Bonchev–Trinajstić information content (AvgIpc) is 2.56. The Hall–Kier alpha value is -2.03. The Morgan fingerprint density at radius 3 is 2.79 bits per heavy atom. The molecule has 0 spiro atoms. The molecule has 0 unspecified atom stereocenters. The van der Waals surface area contributed by atoms with Crippen molar-refractivity contribution in [1.82, 2.24) is 5.32 Å². The maximum absolute atomic E-state index is 12.0. The summed E-state index contributed by atoms with van der Waals surface area (Å²) in [5.74, 6) is -0.398. The number of carbonyl (C=O) groups excluding carboxylic acids is 1. The van der Waals surface area contributed by atoms with Gasteiger partial charge in [0, 0.05) is 36.7 Å². The van der Waals surface area contributed by atoms with Crippen LogP contribution in [0.2, 0.25) is 5.02 Å². The largest absolute Gasteiger partial charge is 0.381 e. The summed E-state index contributed by atoms with van der Waals surface area (Å²) in [6.45, 7) is 5.84. The molecule has 0 heterocycles. The molecule has 1 aromatic rings. The number of anilines is 1. The fraction of sp³-hybridized carbons (Fsp3) is 0.444. The van der Waals surface area contributed by atoms with Gasteiger partial charge in [0.2, 0.25) is 0 Å². The smallest absolute Gasteiger partial charge is 0.263 e. The highest BCUT2D eigenvalue weighted by molar-refractivity contribution is 6.30. The molecule has 0 aromatic heterocycles. The van der Waals surface area contributed by atoms with Crippen LogP contribution in [0.4, 0.5) is 5.69 Å². The summed E-state index contributed by atoms with van der Waals surface area (Å²) < 4.78 is 5.42. The van der Waals surface area contributed by atoms with E-state index in [4.69, 9.17) is 21.6 Å². The van der Waals surface area contributed by atoms with Gasteiger partial charge in [-0.15, -0.1) is 0 Å². The van der Waals surface area contributed by atoms with Gasteiger partial charge in [0.05, 0.1) is 0 Å². The van der Waals surface area contributed by atoms with Crippen molar-refractivity contribution in [2.45, 2.75) is 33.1 Å². The van der Waals surface area contributed by atoms with Crippen LogP contribution >= 0.6 is 11.6 Å². The molecule has 0 aliphatic carbocycles. The summed E-state index contributed by atoms with van der Waals surface area (Å²) in [5, 5.41) is 15.4. The topological polar surface area (TPSA) is 74.1 Å². The summed E-state index contributed by atoms with van der Waals surface area (Å²) >= 11 is 5.90. The lowest BCUT2D eigenvalue weighted by atomic mass is 10.2. The SMILES string of the molecule is CCCCOCCCNC(=O)/C(C#N)=C\Nc1ccc(Cl)cc1C. The molecule has 5 nitrogen and oxygen atoms in total. The second-order valence-corrected chi connectivity index (χ2v) is 5.79. The number of nitrogens with zero attached hydrogens (tertiary/aromatic N) is 1. The second-order valence-electron chi connectivity index (χ2n) is 5.35. The van der Waals surface area contributed by atoms with Crippen molar-refractivity contribution in [2.75, 3.05) is 25.1 Å². The second kappa shape index (κ2) is 11.5. The number of benzene rings is 1. The van der Waals surface area contributed by atoms with Gasteiger partial charge < -0.3 is 15.4 Å². The van der Waals surface area contributed by atoms with Gasteiger partial charge in [-0.2, -0.15) is 5.26 Å². The van der Waals surface area contributed by atoms with Crippen LogP contribution < -0.4 is 10.6 Å². The number of hydrogen-bond acceptors (Lipinski definition) is 4. The molecule has 2 N–H and O–H groups in total. The van der Waals surface area contributed by atoms with Crippen molar-refractivity contribution in [1.29, 1.82) is 5.26 Å². The first-order chi connectivity index (χ1) is 11.6. The lowest BCUT2D eigenvalue weighted by molar-refractivity contribution is -0.117. The molecule has 0 saturated carbocycles. The molecule has 1 aromatic carbocycles. The Balaban J connectivity index is 2.41. The van der Waals surface area contributed by atoms with Gasteiger partial charge in [-0.05, 0) is 43.5 Å². The number of aryl methyl sites for hydroxylation is 1. The van der Waals surface area contributed by atoms with Gasteiger partial charge in [0.15, 0.2) is 0 Å². The Morgan fingerprint density at radius 1 is 1.38 bits per heavy atom. The molecule has 0 aliphatic rings. The van der Waals surface area contributed by atoms with Crippen LogP contribution in [0.15, 0.2) is 30.0 Å². The molecule has 0 radical (unpaired) electrons. The van der Waals surface area contributed by atoms with E-state index in [1.807, 2.05) is 19.1 Å². The minimum Gasteiger partial charge on any atom is -0.381 e. The molecule has 1 rings (SSSR count). The van der Waals surface area contributed by atoms with Gasteiger partial charge in [-0.1, -0.05) is 24.9 Å². The summed E-state index contributed by atoms with van der Waals surface area (Å²) in [6, 6.07) is 7.25. The van der Waals surface area contributed by atoms with Gasteiger partial charge in [0.1, 0.15) is 11.6 Å². The van der Waals surface area contributed by atoms with E-state index in [9.17, 15) is 4.79 Å². The van der Waals surface area contributed by atoms with Crippen molar-refractivity contribution in [3.8, 4) is 6.07 Å². The van der Waals surface area contributed by atoms with Crippen LogP contribution in [0.1, 0.15) is 31.7 Å². The monoisotopic (exact) mass is 349 g/mol. The number of halogens is 1. The molecule has 6 heteroatoms. The van der Waals surface area contributed by atoms with Crippen LogP contribution in [0.25, 0.3) is 0 Å². The van der Waals surface area contributed by atoms with Crippen LogP contribution in [-0.2, 0) is 9.53 Å². The van der Waals surface area contributed by atoms with Crippen molar-refractivity contribution in [3.05, 3.63) is 40.6 Å². The number of carbonyl (C=O) groups is 1. The number of unbranched alkanes of at least 4 members (excludes halogenated alkanes) is 1. The molecule has 0 atom stereocenters. The highest BCUT2D eigenvalue weighted by Crippen LogP contribution is 2.19. The lowest BCUT2D eigenvalue weighted by Crippen LogP contribution is -2.26. The molecule has 0 saturated heterocycles. The third-order valence-corrected chi connectivity index (χ3v) is 3.55. The Labute approximate surface area is 148 Å². The number of nitrogens with one attached hydrogen (secondary N) is 2. The zero-order valence-corrected chi connectivity index (χ0v) is 14.9. The van der Waals surface area contributed by atoms with E-state index in [1.54, 1.807) is 12.1 Å². The summed E-state index contributed by atoms with van der Waals surface area (Å²) in [6.07, 6.45) is 4.28. The molecule has 0 aliphatic heterocycles. The summed E-state index contributed by atoms with van der Waals surface area (Å²) in [5.41, 5.74) is 1.75. The van der Waals surface area contributed by atoms with Gasteiger partial charge >= 0.3 is 0 Å². The van der Waals surface area contributed by atoms with E-state index in [2.05, 4.69) is 17.6 Å². The Bertz CT molecular complexity index is 609. The standard InChI is InChI=1S/C18H24ClN3O2/c1-3-4-9-24-10-5-8-21-18(23)15(12-20)13-22-17-7-6-16(19)11-14(17)2/h6-7,11,13,22H,3-5,8-10H2,1-2H3,(H,21,23)/b15-13-. The summed E-state index contributed by atoms with van der Waals surface area (Å²) in [7, 11) is 0. The molecule has 1 amide bonds. The predicted molar refractivity (Wildman–Crippen MR) is 96.9 cm³/mol. The van der Waals surface area contributed by atoms with Crippen LogP contribution in [0.3, 0.4) is 0 Å². The van der Waals surface area contributed by atoms with Crippen molar-refractivity contribution in [2.24, 2.45) is 0 Å². The van der Waals surface area contributed by atoms with Crippen molar-refractivity contribution < 1.29 is 9.53 Å². The van der Waals surface area contributed by atoms with Crippen molar-refractivity contribution >= 4 is 23.2 Å². The summed E-state index contributed by atoms with van der Waals surface area (Å²) in [4.78, 5) is 12.0. The number of ether oxygens (including phenoxy) is 1. The maximum atomic E-state index is 12.0. The first-order valence-corrected chi connectivity index (χ1v) is 8.45. The number of amides is 1. The first-order valence-electron chi connectivity index (χ1n) is 8.07. The lowest BCUT2D eigenvalue weighted by Gasteiger charge is -2.08. The third-order valence-electron chi connectivity index (χ3n) is 3.32. The predicted octanol–water partition coefficient (Wildman–Crippen LogP) is 3.79. The van der Waals surface area contributed by atoms with E-state index >= 15 is 0 Å². The van der Waals surface area contributed by atoms with Gasteiger partial charge in [-0.3, -0.25) is 4.79 Å². The molecule has 130 valence electrons. The molecule has 24 heavy (non-hydrogen) atoms. The number of rotatable bonds is 10. The highest BCUT2D eigenvalue weighted by Gasteiger charge is 2.08. The van der Waals surface area contributed by atoms with E-state index in [0.717, 1.165) is 37.1 Å². The molecular formula is C18H24ClN3O2. The zero-order valence-electron chi connectivity index (χ0n) is 14.2. The van der Waals surface area contributed by atoms with E-state index in [-0.39, 0.29) is 5.57 Å². The van der Waals surface area contributed by atoms with Crippen LogP contribution in [0.5, 0.6) is 0 Å². The molecule has 0 fully saturated rings. The Morgan fingerprint density at radius 2 is 2.12 bits per heavy atom. The van der Waals surface area contributed by atoms with E-state index in [1.165, 1.54) is 6.20 Å². The third kappa shape index (κ3) is 7.49. The van der Waals surface area contributed by atoms with Crippen molar-refractivity contribution in [3.63, 3.8) is 0 Å². The van der Waals surface area contributed by atoms with E-state index in [0.29, 0.717) is 18.2 Å². The van der Waals surface area contributed by atoms with Gasteiger partial charge in [0.25, 0.3) is 5.91 Å². The highest BCUT2D eigenvalue weighted by atomic mass is 35.5. The average molecular weight is 350 g/mol. The fourth-order valence-corrected chi connectivity index (χ4v) is 2.13. The normalized spacial score (nSPS) is 11.0. The minimum atomic E-state index is -0.398. The fourth-order valence-electron chi connectivity index (χ4n) is 1.91. The molecule has 0 bridgehead atoms. The van der Waals surface area contributed by atoms with Gasteiger partial charge in [-0.25, -0.2) is 0 Å². The first kappa shape index (κ1) is 20.0.